The maximum atomic E-state index is 12.5. The molecule has 2 aromatic heterocycles. The third-order valence-corrected chi connectivity index (χ3v) is 5.92. The number of nitrogens with one attached hydrogen (secondary N) is 2. The van der Waals surface area contributed by atoms with Crippen LogP contribution in [0.15, 0.2) is 53.7 Å². The molecule has 27 heavy (non-hydrogen) atoms. The Morgan fingerprint density at radius 2 is 2.04 bits per heavy atom. The summed E-state index contributed by atoms with van der Waals surface area (Å²) < 4.78 is 12.5. The third-order valence-electron chi connectivity index (χ3n) is 4.34. The lowest BCUT2D eigenvalue weighted by Crippen LogP contribution is -2.13. The van der Waals surface area contributed by atoms with Crippen LogP contribution < -0.4 is 5.32 Å². The van der Waals surface area contributed by atoms with E-state index in [0.717, 1.165) is 32.4 Å². The Bertz CT molecular complexity index is 1180. The van der Waals surface area contributed by atoms with Gasteiger partial charge >= 0.3 is 0 Å². The minimum absolute atomic E-state index is 0.0310. The average Bonchev–Trinajstić information content (AvgIpc) is 3.13. The summed E-state index contributed by atoms with van der Waals surface area (Å²) in [5.41, 5.74) is 3.65. The van der Waals surface area contributed by atoms with Gasteiger partial charge in [0.25, 0.3) is 0 Å². The first-order chi connectivity index (χ1) is 13.1. The molecule has 0 fully saturated rings. The van der Waals surface area contributed by atoms with Gasteiger partial charge in [0.15, 0.2) is 4.90 Å². The Morgan fingerprint density at radius 3 is 2.81 bits per heavy atom. The van der Waals surface area contributed by atoms with Crippen LogP contribution in [0.25, 0.3) is 21.8 Å². The van der Waals surface area contributed by atoms with Gasteiger partial charge in [0.2, 0.25) is 0 Å². The fraction of sp³-hybridized carbons (Fsp3) is 0.150. The number of fused-ring (bicyclic) bond motifs is 2. The SMILES string of the molecule is CC(C)[S+]([O-])c1ccc2nccc(Nc3cc4[nH]ncc4cc3C#N)c2c1. The van der Waals surface area contributed by atoms with Gasteiger partial charge in [-0.15, -0.1) is 0 Å². The van der Waals surface area contributed by atoms with Crippen molar-refractivity contribution < 1.29 is 4.55 Å². The van der Waals surface area contributed by atoms with Crippen LogP contribution in [-0.2, 0) is 11.2 Å². The van der Waals surface area contributed by atoms with Crippen molar-refractivity contribution in [3.63, 3.8) is 0 Å². The topological polar surface area (TPSA) is 100 Å². The van der Waals surface area contributed by atoms with Crippen molar-refractivity contribution >= 4 is 44.4 Å². The van der Waals surface area contributed by atoms with E-state index in [1.165, 1.54) is 0 Å². The molecule has 6 nitrogen and oxygen atoms in total. The highest BCUT2D eigenvalue weighted by atomic mass is 32.2. The molecule has 0 aliphatic carbocycles. The van der Waals surface area contributed by atoms with Crippen molar-refractivity contribution in [3.8, 4) is 6.07 Å². The zero-order valence-corrected chi connectivity index (χ0v) is 15.7. The van der Waals surface area contributed by atoms with Crippen LogP contribution in [0.3, 0.4) is 0 Å². The summed E-state index contributed by atoms with van der Waals surface area (Å²) in [7, 11) is 0. The summed E-state index contributed by atoms with van der Waals surface area (Å²) in [6.07, 6.45) is 3.40. The number of anilines is 2. The third kappa shape index (κ3) is 3.21. The molecule has 0 bridgehead atoms. The first-order valence-corrected chi connectivity index (χ1v) is 9.71. The number of nitriles is 1. The molecular weight excluding hydrogens is 358 g/mol. The second-order valence-electron chi connectivity index (χ2n) is 6.48. The molecule has 4 aromatic rings. The van der Waals surface area contributed by atoms with Gasteiger partial charge in [-0.3, -0.25) is 10.1 Å². The van der Waals surface area contributed by atoms with E-state index in [-0.39, 0.29) is 5.25 Å². The van der Waals surface area contributed by atoms with Crippen LogP contribution in [0, 0.1) is 11.3 Å². The fourth-order valence-corrected chi connectivity index (χ4v) is 3.94. The molecule has 2 aromatic carbocycles. The number of hydrogen-bond donors (Lipinski definition) is 2. The molecule has 0 radical (unpaired) electrons. The lowest BCUT2D eigenvalue weighted by molar-refractivity contribution is 0.586. The van der Waals surface area contributed by atoms with Gasteiger partial charge in [0, 0.05) is 28.7 Å². The highest BCUT2D eigenvalue weighted by Crippen LogP contribution is 2.31. The predicted octanol–water partition coefficient (Wildman–Crippen LogP) is 4.24. The molecule has 0 spiro atoms. The highest BCUT2D eigenvalue weighted by molar-refractivity contribution is 7.92. The van der Waals surface area contributed by atoms with E-state index >= 15 is 0 Å². The lowest BCUT2D eigenvalue weighted by atomic mass is 10.1. The summed E-state index contributed by atoms with van der Waals surface area (Å²) in [6, 6.07) is 13.4. The number of H-pyrrole nitrogens is 1. The Morgan fingerprint density at radius 1 is 1.19 bits per heavy atom. The summed E-state index contributed by atoms with van der Waals surface area (Å²) in [5, 5.41) is 21.6. The van der Waals surface area contributed by atoms with Gasteiger partial charge in [0.05, 0.1) is 28.5 Å². The molecule has 1 unspecified atom stereocenters. The van der Waals surface area contributed by atoms with Crippen molar-refractivity contribution in [2.75, 3.05) is 5.32 Å². The first kappa shape index (κ1) is 17.3. The van der Waals surface area contributed by atoms with Crippen molar-refractivity contribution in [2.24, 2.45) is 0 Å². The molecule has 0 amide bonds. The van der Waals surface area contributed by atoms with Crippen LogP contribution in [0.2, 0.25) is 0 Å². The van der Waals surface area contributed by atoms with Gasteiger partial charge < -0.3 is 9.87 Å². The van der Waals surface area contributed by atoms with Gasteiger partial charge in [-0.1, -0.05) is 0 Å². The fourth-order valence-electron chi connectivity index (χ4n) is 2.96. The van der Waals surface area contributed by atoms with Crippen molar-refractivity contribution in [1.82, 2.24) is 15.2 Å². The molecule has 7 heteroatoms. The number of benzene rings is 2. The zero-order chi connectivity index (χ0) is 19.0. The van der Waals surface area contributed by atoms with E-state index in [2.05, 4.69) is 26.6 Å². The van der Waals surface area contributed by atoms with Gasteiger partial charge in [0.1, 0.15) is 11.3 Å². The normalized spacial score (nSPS) is 12.4. The number of hydrogen-bond acceptors (Lipinski definition) is 5. The molecule has 0 aliphatic rings. The Labute approximate surface area is 159 Å². The maximum absolute atomic E-state index is 12.5. The number of aromatic nitrogens is 3. The van der Waals surface area contributed by atoms with E-state index in [4.69, 9.17) is 0 Å². The minimum atomic E-state index is -1.09. The number of rotatable bonds is 4. The van der Waals surface area contributed by atoms with E-state index in [1.807, 2.05) is 44.2 Å². The molecule has 0 aliphatic heterocycles. The standard InChI is InChI=1S/C20H17N5OS/c1-12(2)27(26)15-3-4-17-16(8-15)18(5-6-22-17)24-19-9-20-14(11-23-25-20)7-13(19)10-21/h3-9,11-12H,1-2H3,(H,22,24)(H,23,25). The molecule has 4 rings (SSSR count). The van der Waals surface area contributed by atoms with Crippen molar-refractivity contribution in [3.05, 3.63) is 54.4 Å². The second kappa shape index (κ2) is 6.91. The Kier molecular flexibility index (Phi) is 4.44. The second-order valence-corrected chi connectivity index (χ2v) is 8.48. The maximum Gasteiger partial charge on any atom is 0.153 e. The van der Waals surface area contributed by atoms with Gasteiger partial charge in [-0.2, -0.15) is 10.4 Å². The van der Waals surface area contributed by atoms with Crippen LogP contribution in [0.5, 0.6) is 0 Å². The summed E-state index contributed by atoms with van der Waals surface area (Å²) in [4.78, 5) is 5.16. The molecule has 0 saturated heterocycles. The van der Waals surface area contributed by atoms with Gasteiger partial charge in [-0.25, -0.2) is 0 Å². The van der Waals surface area contributed by atoms with E-state index in [0.29, 0.717) is 11.3 Å². The quantitative estimate of drug-likeness (QED) is 0.520. The van der Waals surface area contributed by atoms with E-state index in [9.17, 15) is 9.81 Å². The molecule has 2 heterocycles. The monoisotopic (exact) mass is 375 g/mol. The molecule has 2 N–H and O–H groups in total. The van der Waals surface area contributed by atoms with Crippen LogP contribution >= 0.6 is 0 Å². The Hall–Kier alpha value is -3.08. The summed E-state index contributed by atoms with van der Waals surface area (Å²) >= 11 is -1.09. The molecule has 1 atom stereocenters. The van der Waals surface area contributed by atoms with E-state index < -0.39 is 11.2 Å². The Balaban J connectivity index is 1.82. The van der Waals surface area contributed by atoms with Crippen molar-refractivity contribution in [1.29, 1.82) is 5.26 Å². The highest BCUT2D eigenvalue weighted by Gasteiger charge is 2.17. The molecular formula is C20H17N5OS. The van der Waals surface area contributed by atoms with Crippen molar-refractivity contribution in [2.45, 2.75) is 24.0 Å². The summed E-state index contributed by atoms with van der Waals surface area (Å²) in [5.74, 6) is 0. The summed E-state index contributed by atoms with van der Waals surface area (Å²) in [6.45, 7) is 3.86. The lowest BCUT2D eigenvalue weighted by Gasteiger charge is -2.16. The number of aromatic amines is 1. The van der Waals surface area contributed by atoms with Crippen LogP contribution in [0.1, 0.15) is 19.4 Å². The first-order valence-electron chi connectivity index (χ1n) is 8.50. The minimum Gasteiger partial charge on any atom is -0.611 e. The van der Waals surface area contributed by atoms with E-state index in [1.54, 1.807) is 18.5 Å². The number of pyridine rings is 1. The number of nitrogens with zero attached hydrogens (tertiary/aromatic N) is 3. The van der Waals surface area contributed by atoms with Gasteiger partial charge in [-0.05, 0) is 55.4 Å². The van der Waals surface area contributed by atoms with Crippen LogP contribution in [0.4, 0.5) is 11.4 Å². The van der Waals surface area contributed by atoms with Crippen LogP contribution in [-0.4, -0.2) is 25.0 Å². The molecule has 134 valence electrons. The largest absolute Gasteiger partial charge is 0.611 e. The average molecular weight is 375 g/mol. The molecule has 0 saturated carbocycles. The predicted molar refractivity (Wildman–Crippen MR) is 107 cm³/mol. The zero-order valence-electron chi connectivity index (χ0n) is 14.9. The smallest absolute Gasteiger partial charge is 0.153 e.